The van der Waals surface area contributed by atoms with Gasteiger partial charge in [-0.2, -0.15) is 0 Å². The van der Waals surface area contributed by atoms with Crippen LogP contribution >= 0.6 is 11.3 Å². The van der Waals surface area contributed by atoms with Crippen molar-refractivity contribution in [1.82, 2.24) is 39.3 Å². The number of pyridine rings is 1. The van der Waals surface area contributed by atoms with Gasteiger partial charge in [-0.25, -0.2) is 26.7 Å². The highest BCUT2D eigenvalue weighted by atomic mass is 32.2. The van der Waals surface area contributed by atoms with Crippen molar-refractivity contribution in [3.8, 4) is 10.8 Å². The maximum absolute atomic E-state index is 13.3. The minimum Gasteiger partial charge on any atom is -0.448 e. The smallest absolute Gasteiger partial charge is 0.409 e. The molecule has 0 unspecified atom stereocenters. The molecule has 1 aliphatic heterocycles. The molecule has 212 valence electrons. The third-order valence-corrected chi connectivity index (χ3v) is 9.14. The summed E-state index contributed by atoms with van der Waals surface area (Å²) >= 11 is 0.665. The number of sulfonamides is 1. The van der Waals surface area contributed by atoms with Gasteiger partial charge in [-0.15, -0.1) is 20.4 Å². The first kappa shape index (κ1) is 27.5. The molecule has 3 aromatic heterocycles. The minimum atomic E-state index is -3.93. The van der Waals surface area contributed by atoms with Gasteiger partial charge in [-0.05, 0) is 39.9 Å². The molecule has 5 rings (SSSR count). The van der Waals surface area contributed by atoms with Crippen molar-refractivity contribution in [3.63, 3.8) is 0 Å². The zero-order valence-corrected chi connectivity index (χ0v) is 23.3. The average Bonchev–Trinajstić information content (AvgIpc) is 3.25. The van der Waals surface area contributed by atoms with Gasteiger partial charge in [0.25, 0.3) is 6.43 Å². The van der Waals surface area contributed by atoms with E-state index < -0.39 is 33.1 Å². The van der Waals surface area contributed by atoms with Crippen LogP contribution in [0.5, 0.6) is 0 Å². The van der Waals surface area contributed by atoms with Crippen LogP contribution in [0.2, 0.25) is 0 Å². The first-order valence-corrected chi connectivity index (χ1v) is 14.6. The molecule has 0 atom stereocenters. The summed E-state index contributed by atoms with van der Waals surface area (Å²) in [4.78, 5) is 17.9. The van der Waals surface area contributed by atoms with Gasteiger partial charge in [0.15, 0.2) is 21.5 Å². The lowest BCUT2D eigenvalue weighted by atomic mass is 10.2. The van der Waals surface area contributed by atoms with E-state index in [1.165, 1.54) is 16.7 Å². The number of hydrogen-bond acceptors (Lipinski definition) is 11. The Morgan fingerprint density at radius 3 is 2.51 bits per heavy atom. The van der Waals surface area contributed by atoms with Crippen LogP contribution in [0.15, 0.2) is 17.2 Å². The van der Waals surface area contributed by atoms with Crippen molar-refractivity contribution in [1.29, 1.82) is 0 Å². The molecular formula is C22H29F2N9O4S2. The van der Waals surface area contributed by atoms with E-state index in [4.69, 9.17) is 4.74 Å². The van der Waals surface area contributed by atoms with Gasteiger partial charge in [-0.3, -0.25) is 4.40 Å². The standard InChI is InChI=1S/C22H29F2N9O4S2/c1-22(4-5-22)29-39(35,36)14-12-15(31-6-8-32(9-7-31)21(34)37-11-10-30(2)3)17-25-26-18(33(17)13-14)20-28-27-19(38-20)16(23)24/h12-13,16,29H,4-11H2,1-3H3. The molecule has 17 heteroatoms. The van der Waals surface area contributed by atoms with Crippen LogP contribution in [0, 0.1) is 0 Å². The predicted octanol–water partition coefficient (Wildman–Crippen LogP) is 1.84. The number of halogens is 2. The Morgan fingerprint density at radius 2 is 1.90 bits per heavy atom. The Labute approximate surface area is 227 Å². The zero-order valence-electron chi connectivity index (χ0n) is 21.7. The highest BCUT2D eigenvalue weighted by Crippen LogP contribution is 2.37. The molecule has 1 aliphatic carbocycles. The fourth-order valence-electron chi connectivity index (χ4n) is 4.10. The lowest BCUT2D eigenvalue weighted by Gasteiger charge is -2.35. The fourth-order valence-corrected chi connectivity index (χ4v) is 6.26. The number of hydrogen-bond donors (Lipinski definition) is 1. The maximum atomic E-state index is 13.3. The summed E-state index contributed by atoms with van der Waals surface area (Å²) in [6.45, 7) is 4.22. The van der Waals surface area contributed by atoms with E-state index in [0.717, 1.165) is 12.8 Å². The molecule has 1 saturated heterocycles. The molecule has 0 bridgehead atoms. The summed E-state index contributed by atoms with van der Waals surface area (Å²) in [5.74, 6) is 0.105. The number of aromatic nitrogens is 5. The lowest BCUT2D eigenvalue weighted by Crippen LogP contribution is -2.49. The van der Waals surface area contributed by atoms with Crippen LogP contribution in [0.25, 0.3) is 16.5 Å². The molecule has 1 saturated carbocycles. The molecule has 0 aromatic carbocycles. The maximum Gasteiger partial charge on any atom is 0.409 e. The first-order chi connectivity index (χ1) is 18.5. The molecule has 0 radical (unpaired) electrons. The molecule has 39 heavy (non-hydrogen) atoms. The van der Waals surface area contributed by atoms with Crippen LogP contribution in [-0.2, 0) is 14.8 Å². The molecule has 4 heterocycles. The van der Waals surface area contributed by atoms with Crippen molar-refractivity contribution in [3.05, 3.63) is 17.3 Å². The van der Waals surface area contributed by atoms with Gasteiger partial charge in [0.1, 0.15) is 11.5 Å². The number of nitrogens with one attached hydrogen (secondary N) is 1. The largest absolute Gasteiger partial charge is 0.448 e. The quantitative estimate of drug-likeness (QED) is 0.396. The number of likely N-dealkylation sites (N-methyl/N-ethyl adjacent to an activating group) is 1. The van der Waals surface area contributed by atoms with Crippen molar-refractivity contribution >= 4 is 38.8 Å². The summed E-state index contributed by atoms with van der Waals surface area (Å²) in [5.41, 5.74) is 0.308. The average molecular weight is 586 g/mol. The summed E-state index contributed by atoms with van der Waals surface area (Å²) in [5, 5.41) is 15.3. The normalized spacial score (nSPS) is 17.4. The second-order valence-corrected chi connectivity index (χ2v) is 12.8. The Morgan fingerprint density at radius 1 is 1.18 bits per heavy atom. The van der Waals surface area contributed by atoms with Crippen molar-refractivity contribution < 1.29 is 26.7 Å². The Kier molecular flexibility index (Phi) is 7.43. The van der Waals surface area contributed by atoms with Crippen LogP contribution in [0.3, 0.4) is 0 Å². The number of fused-ring (bicyclic) bond motifs is 1. The molecule has 13 nitrogen and oxygen atoms in total. The molecule has 0 spiro atoms. The van der Waals surface area contributed by atoms with Crippen LogP contribution in [0.4, 0.5) is 19.3 Å². The van der Waals surface area contributed by atoms with Crippen molar-refractivity contribution in [2.45, 2.75) is 36.6 Å². The van der Waals surface area contributed by atoms with Crippen molar-refractivity contribution in [2.75, 3.05) is 58.3 Å². The van der Waals surface area contributed by atoms with Gasteiger partial charge >= 0.3 is 6.09 Å². The van der Waals surface area contributed by atoms with Crippen LogP contribution in [-0.4, -0.2) is 108 Å². The number of anilines is 1. The number of amides is 1. The van der Waals surface area contributed by atoms with E-state index in [0.29, 0.717) is 55.4 Å². The SMILES string of the molecule is CN(C)CCOC(=O)N1CCN(c2cc(S(=O)(=O)NC3(C)CC3)cn3c(-c4nnc(C(F)F)s4)nnc23)CC1. The second-order valence-electron chi connectivity index (χ2n) is 10.1. The molecular weight excluding hydrogens is 556 g/mol. The fraction of sp³-hybridized carbons (Fsp3) is 0.591. The highest BCUT2D eigenvalue weighted by Gasteiger charge is 2.41. The molecule has 1 amide bonds. The van der Waals surface area contributed by atoms with Gasteiger partial charge in [0.05, 0.1) is 5.69 Å². The molecule has 2 aliphatic rings. The van der Waals surface area contributed by atoms with Gasteiger partial charge in [0, 0.05) is 44.5 Å². The summed E-state index contributed by atoms with van der Waals surface area (Å²) in [6.07, 6.45) is -0.378. The number of nitrogens with zero attached hydrogens (tertiary/aromatic N) is 8. The van der Waals surface area contributed by atoms with Crippen LogP contribution < -0.4 is 9.62 Å². The van der Waals surface area contributed by atoms with Crippen LogP contribution in [0.1, 0.15) is 31.2 Å². The summed E-state index contributed by atoms with van der Waals surface area (Å²) in [7, 11) is -0.150. The van der Waals surface area contributed by atoms with E-state index in [-0.39, 0.29) is 22.3 Å². The van der Waals surface area contributed by atoms with Gasteiger partial charge in [-0.1, -0.05) is 11.3 Å². The van der Waals surface area contributed by atoms with Crippen molar-refractivity contribution in [2.24, 2.45) is 0 Å². The third-order valence-electron chi connectivity index (χ3n) is 6.61. The summed E-state index contributed by atoms with van der Waals surface area (Å²) in [6, 6.07) is 1.53. The number of carbonyl (C=O) groups excluding carboxylic acids is 1. The Hall–Kier alpha value is -3.02. The number of alkyl halides is 2. The minimum absolute atomic E-state index is 0.0247. The van der Waals surface area contributed by atoms with E-state index in [1.54, 1.807) is 4.90 Å². The molecule has 3 aromatic rings. The monoisotopic (exact) mass is 585 g/mol. The Balaban J connectivity index is 1.46. The van der Waals surface area contributed by atoms with Gasteiger partial charge < -0.3 is 19.4 Å². The molecule has 2 fully saturated rings. The zero-order chi connectivity index (χ0) is 27.9. The van der Waals surface area contributed by atoms with E-state index in [1.807, 2.05) is 30.8 Å². The van der Waals surface area contributed by atoms with Gasteiger partial charge in [0.2, 0.25) is 10.0 Å². The number of piperazine rings is 1. The second kappa shape index (κ2) is 10.5. The van der Waals surface area contributed by atoms with E-state index in [2.05, 4.69) is 25.1 Å². The third kappa shape index (κ3) is 5.95. The number of ether oxygens (including phenoxy) is 1. The highest BCUT2D eigenvalue weighted by molar-refractivity contribution is 7.89. The van der Waals surface area contributed by atoms with E-state index >= 15 is 0 Å². The molecule has 1 N–H and O–H groups in total. The number of carbonyl (C=O) groups is 1. The van der Waals surface area contributed by atoms with E-state index in [9.17, 15) is 22.0 Å². The number of rotatable bonds is 9. The predicted molar refractivity (Wildman–Crippen MR) is 138 cm³/mol. The lowest BCUT2D eigenvalue weighted by molar-refractivity contribution is 0.0941. The Bertz CT molecular complexity index is 1470. The first-order valence-electron chi connectivity index (χ1n) is 12.3. The topological polar surface area (TPSA) is 138 Å². The summed E-state index contributed by atoms with van der Waals surface area (Å²) < 4.78 is 62.5.